The number of hydrogen-bond donors (Lipinski definition) is 1. The molecule has 116 valence electrons. The minimum atomic E-state index is 0.425. The molecule has 2 N–H and O–H groups in total. The highest BCUT2D eigenvalue weighted by Crippen LogP contribution is 2.31. The third-order valence-corrected chi connectivity index (χ3v) is 5.53. The van der Waals surface area contributed by atoms with Crippen LogP contribution < -0.4 is 5.73 Å². The van der Waals surface area contributed by atoms with Crippen LogP contribution in [-0.4, -0.2) is 23.5 Å². The average molecular weight is 286 g/mol. The first-order valence-electron chi connectivity index (χ1n) is 8.86. The lowest BCUT2D eigenvalue weighted by atomic mass is 9.89. The van der Waals surface area contributed by atoms with E-state index >= 15 is 0 Å². The van der Waals surface area contributed by atoms with Crippen molar-refractivity contribution in [1.82, 2.24) is 4.90 Å². The van der Waals surface area contributed by atoms with Crippen LogP contribution in [0.4, 0.5) is 0 Å². The van der Waals surface area contributed by atoms with Gasteiger partial charge >= 0.3 is 0 Å². The monoisotopic (exact) mass is 286 g/mol. The molecule has 0 aromatic heterocycles. The van der Waals surface area contributed by atoms with Crippen molar-refractivity contribution in [2.75, 3.05) is 6.54 Å². The number of nitrogens with zero attached hydrogens (tertiary/aromatic N) is 1. The Kier molecular flexibility index (Phi) is 5.32. The van der Waals surface area contributed by atoms with Crippen LogP contribution in [0.1, 0.15) is 56.9 Å². The Morgan fingerprint density at radius 3 is 2.48 bits per heavy atom. The third kappa shape index (κ3) is 4.08. The number of nitrogens with two attached hydrogens (primary N) is 1. The van der Waals surface area contributed by atoms with Gasteiger partial charge in [-0.25, -0.2) is 0 Å². The molecule has 1 saturated carbocycles. The summed E-state index contributed by atoms with van der Waals surface area (Å²) >= 11 is 0. The van der Waals surface area contributed by atoms with Crippen LogP contribution in [0.2, 0.25) is 0 Å². The van der Waals surface area contributed by atoms with Gasteiger partial charge in [0.05, 0.1) is 0 Å². The second-order valence-electron chi connectivity index (χ2n) is 7.05. The molecule has 0 spiro atoms. The molecule has 0 radical (unpaired) electrons. The van der Waals surface area contributed by atoms with E-state index in [1.54, 1.807) is 0 Å². The fourth-order valence-electron chi connectivity index (χ4n) is 4.25. The van der Waals surface area contributed by atoms with Gasteiger partial charge in [-0.05, 0) is 50.1 Å². The largest absolute Gasteiger partial charge is 0.327 e. The van der Waals surface area contributed by atoms with Crippen LogP contribution in [-0.2, 0) is 6.54 Å². The Bertz CT molecular complexity index is 411. The predicted octanol–water partition coefficient (Wildman–Crippen LogP) is 3.95. The molecule has 1 aromatic carbocycles. The van der Waals surface area contributed by atoms with Gasteiger partial charge in [0.2, 0.25) is 0 Å². The van der Waals surface area contributed by atoms with Crippen molar-refractivity contribution < 1.29 is 0 Å². The molecule has 1 saturated heterocycles. The van der Waals surface area contributed by atoms with E-state index in [-0.39, 0.29) is 0 Å². The molecule has 3 rings (SSSR count). The van der Waals surface area contributed by atoms with Gasteiger partial charge in [-0.2, -0.15) is 0 Å². The zero-order chi connectivity index (χ0) is 14.5. The Morgan fingerprint density at radius 2 is 1.71 bits per heavy atom. The molecule has 2 aliphatic rings. The summed E-state index contributed by atoms with van der Waals surface area (Å²) in [5.74, 6) is 0.797. The molecular weight excluding hydrogens is 256 g/mol. The zero-order valence-electron chi connectivity index (χ0n) is 13.2. The molecule has 2 nitrogen and oxygen atoms in total. The van der Waals surface area contributed by atoms with Crippen molar-refractivity contribution in [3.63, 3.8) is 0 Å². The Morgan fingerprint density at radius 1 is 1.00 bits per heavy atom. The molecule has 21 heavy (non-hydrogen) atoms. The highest BCUT2D eigenvalue weighted by atomic mass is 15.2. The van der Waals surface area contributed by atoms with Crippen molar-refractivity contribution in [1.29, 1.82) is 0 Å². The van der Waals surface area contributed by atoms with Gasteiger partial charge < -0.3 is 5.73 Å². The summed E-state index contributed by atoms with van der Waals surface area (Å²) < 4.78 is 0. The van der Waals surface area contributed by atoms with E-state index in [0.717, 1.165) is 12.5 Å². The molecular formula is C19H30N2. The van der Waals surface area contributed by atoms with Gasteiger partial charge in [0, 0.05) is 18.6 Å². The molecule has 1 aromatic rings. The van der Waals surface area contributed by atoms with E-state index in [1.807, 2.05) is 0 Å². The van der Waals surface area contributed by atoms with E-state index in [0.29, 0.717) is 12.1 Å². The first-order chi connectivity index (χ1) is 10.3. The maximum Gasteiger partial charge on any atom is 0.0236 e. The standard InChI is InChI=1S/C19H30N2/c20-19(17-10-4-5-11-17)14-18-12-6-7-13-21(18)15-16-8-2-1-3-9-16/h1-3,8-9,17-19H,4-7,10-15,20H2. The minimum absolute atomic E-state index is 0.425. The molecule has 2 heteroatoms. The van der Waals surface area contributed by atoms with Gasteiger partial charge in [0.1, 0.15) is 0 Å². The van der Waals surface area contributed by atoms with Gasteiger partial charge in [0.25, 0.3) is 0 Å². The van der Waals surface area contributed by atoms with Crippen LogP contribution in [0.25, 0.3) is 0 Å². The summed E-state index contributed by atoms with van der Waals surface area (Å²) in [5, 5.41) is 0. The van der Waals surface area contributed by atoms with Crippen molar-refractivity contribution >= 4 is 0 Å². The van der Waals surface area contributed by atoms with E-state index in [1.165, 1.54) is 63.5 Å². The third-order valence-electron chi connectivity index (χ3n) is 5.53. The fraction of sp³-hybridized carbons (Fsp3) is 0.684. The van der Waals surface area contributed by atoms with Crippen molar-refractivity contribution in [2.45, 2.75) is 70.0 Å². The molecule has 1 heterocycles. The normalized spacial score (nSPS) is 26.0. The SMILES string of the molecule is NC(CC1CCCCN1Cc1ccccc1)C1CCCC1. The van der Waals surface area contributed by atoms with Gasteiger partial charge in [-0.15, -0.1) is 0 Å². The minimum Gasteiger partial charge on any atom is -0.327 e. The average Bonchev–Trinajstić information content (AvgIpc) is 3.05. The molecule has 0 bridgehead atoms. The lowest BCUT2D eigenvalue weighted by Crippen LogP contribution is -2.44. The maximum atomic E-state index is 6.54. The number of piperidine rings is 1. The highest BCUT2D eigenvalue weighted by molar-refractivity contribution is 5.14. The van der Waals surface area contributed by atoms with Gasteiger partial charge in [-0.1, -0.05) is 49.6 Å². The second-order valence-corrected chi connectivity index (χ2v) is 7.05. The van der Waals surface area contributed by atoms with Crippen LogP contribution in [0.5, 0.6) is 0 Å². The summed E-state index contributed by atoms with van der Waals surface area (Å²) in [4.78, 5) is 2.69. The number of hydrogen-bond acceptors (Lipinski definition) is 2. The van der Waals surface area contributed by atoms with E-state index in [2.05, 4.69) is 35.2 Å². The van der Waals surface area contributed by atoms with E-state index in [4.69, 9.17) is 5.73 Å². The van der Waals surface area contributed by atoms with Crippen LogP contribution >= 0.6 is 0 Å². The van der Waals surface area contributed by atoms with E-state index in [9.17, 15) is 0 Å². The second kappa shape index (κ2) is 7.42. The Balaban J connectivity index is 1.58. The first-order valence-corrected chi connectivity index (χ1v) is 8.86. The van der Waals surface area contributed by atoms with Crippen LogP contribution in [0.15, 0.2) is 30.3 Å². The summed E-state index contributed by atoms with van der Waals surface area (Å²) in [6.45, 7) is 2.35. The first kappa shape index (κ1) is 15.1. The van der Waals surface area contributed by atoms with Crippen LogP contribution in [0, 0.1) is 5.92 Å². The van der Waals surface area contributed by atoms with Crippen molar-refractivity contribution in [2.24, 2.45) is 11.7 Å². The van der Waals surface area contributed by atoms with Crippen LogP contribution in [0.3, 0.4) is 0 Å². The number of likely N-dealkylation sites (tertiary alicyclic amines) is 1. The number of rotatable bonds is 5. The zero-order valence-corrected chi connectivity index (χ0v) is 13.2. The quantitative estimate of drug-likeness (QED) is 0.888. The van der Waals surface area contributed by atoms with Gasteiger partial charge in [0.15, 0.2) is 0 Å². The molecule has 1 aliphatic heterocycles. The topological polar surface area (TPSA) is 29.3 Å². The Labute approximate surface area is 129 Å². The summed E-state index contributed by atoms with van der Waals surface area (Å²) in [7, 11) is 0. The molecule has 2 unspecified atom stereocenters. The fourth-order valence-corrected chi connectivity index (χ4v) is 4.25. The highest BCUT2D eigenvalue weighted by Gasteiger charge is 2.28. The summed E-state index contributed by atoms with van der Waals surface area (Å²) in [6, 6.07) is 12.0. The van der Waals surface area contributed by atoms with Crippen molar-refractivity contribution in [3.8, 4) is 0 Å². The van der Waals surface area contributed by atoms with Crippen molar-refractivity contribution in [3.05, 3.63) is 35.9 Å². The summed E-state index contributed by atoms with van der Waals surface area (Å²) in [5.41, 5.74) is 7.98. The Hall–Kier alpha value is -0.860. The smallest absolute Gasteiger partial charge is 0.0236 e. The number of benzene rings is 1. The van der Waals surface area contributed by atoms with Gasteiger partial charge in [-0.3, -0.25) is 4.90 Å². The molecule has 2 atom stereocenters. The maximum absolute atomic E-state index is 6.54. The lowest BCUT2D eigenvalue weighted by Gasteiger charge is -2.38. The van der Waals surface area contributed by atoms with E-state index < -0.39 is 0 Å². The molecule has 2 fully saturated rings. The lowest BCUT2D eigenvalue weighted by molar-refractivity contribution is 0.119. The predicted molar refractivity (Wildman–Crippen MR) is 89.0 cm³/mol. The summed E-state index contributed by atoms with van der Waals surface area (Å²) in [6.07, 6.45) is 10.8. The molecule has 0 amide bonds. The molecule has 1 aliphatic carbocycles.